The molecule has 3 saturated heterocycles. The Morgan fingerprint density at radius 1 is 0.837 bits per heavy atom. The summed E-state index contributed by atoms with van der Waals surface area (Å²) in [5.41, 5.74) is 1.66. The van der Waals surface area contributed by atoms with Crippen molar-refractivity contribution in [1.29, 1.82) is 0 Å². The van der Waals surface area contributed by atoms with Crippen LogP contribution in [0.3, 0.4) is 0 Å². The van der Waals surface area contributed by atoms with Crippen LogP contribution in [0, 0.1) is 0 Å². The van der Waals surface area contributed by atoms with Gasteiger partial charge in [-0.05, 0) is 56.6 Å². The summed E-state index contributed by atoms with van der Waals surface area (Å²) in [6, 6.07) is 8.11. The van der Waals surface area contributed by atoms with Crippen molar-refractivity contribution < 1.29 is 43.0 Å². The van der Waals surface area contributed by atoms with E-state index in [1.807, 2.05) is 32.9 Å². The molecule has 270 valence electrons. The first-order valence-corrected chi connectivity index (χ1v) is 17.3. The standard InChI is InChI=1S/C33H47ClN6O9/c1-4-42-13-14-43-15-16-44-17-18-45-19-20-46-24-7-5-23(6-8-24)38-9-11-39(12-10-38)29-25-21-35-40(30(25)37-32(34)36-29)31-28-27(26(22-41)47-31)48-33(2,3)49-28/h5-8,21,26-28,31,41H,4,9-20,22H2,1-3H3/t26-,27-,28-,31-/m1/s1. The molecule has 5 heterocycles. The second-order valence-electron chi connectivity index (χ2n) is 12.3. The number of benzene rings is 1. The molecule has 0 unspecified atom stereocenters. The average Bonchev–Trinajstić information content (AvgIpc) is 3.77. The number of fused-ring (bicyclic) bond motifs is 2. The highest BCUT2D eigenvalue weighted by atomic mass is 35.5. The van der Waals surface area contributed by atoms with E-state index in [2.05, 4.69) is 37.0 Å². The van der Waals surface area contributed by atoms with Crippen molar-refractivity contribution in [3.05, 3.63) is 35.7 Å². The Bertz CT molecular complexity index is 1470. The summed E-state index contributed by atoms with van der Waals surface area (Å²) in [4.78, 5) is 13.6. The van der Waals surface area contributed by atoms with Gasteiger partial charge in [0.05, 0.1) is 64.4 Å². The van der Waals surface area contributed by atoms with Gasteiger partial charge in [-0.15, -0.1) is 0 Å². The minimum atomic E-state index is -0.801. The molecule has 3 aliphatic rings. The zero-order chi connectivity index (χ0) is 34.2. The topological polar surface area (TPSA) is 144 Å². The molecule has 0 radical (unpaired) electrons. The largest absolute Gasteiger partial charge is 0.491 e. The zero-order valence-corrected chi connectivity index (χ0v) is 29.1. The Balaban J connectivity index is 0.953. The molecule has 6 rings (SSSR count). The first-order chi connectivity index (χ1) is 23.9. The number of hydrogen-bond acceptors (Lipinski definition) is 14. The lowest BCUT2D eigenvalue weighted by Crippen LogP contribution is -2.47. The van der Waals surface area contributed by atoms with Crippen molar-refractivity contribution in [2.75, 3.05) is 102 Å². The van der Waals surface area contributed by atoms with Gasteiger partial charge in [0.25, 0.3) is 0 Å². The highest BCUT2D eigenvalue weighted by Crippen LogP contribution is 2.44. The van der Waals surface area contributed by atoms with E-state index in [9.17, 15) is 5.11 Å². The number of aliphatic hydroxyl groups is 1. The van der Waals surface area contributed by atoms with Gasteiger partial charge >= 0.3 is 0 Å². The van der Waals surface area contributed by atoms with E-state index in [-0.39, 0.29) is 11.9 Å². The van der Waals surface area contributed by atoms with E-state index >= 15 is 0 Å². The van der Waals surface area contributed by atoms with Gasteiger partial charge in [-0.3, -0.25) is 0 Å². The fraction of sp³-hybridized carbons (Fsp3) is 0.667. The normalized spacial score (nSPS) is 23.4. The number of aliphatic hydroxyl groups excluding tert-OH is 1. The second kappa shape index (κ2) is 16.9. The third-order valence-corrected chi connectivity index (χ3v) is 8.72. The van der Waals surface area contributed by atoms with Gasteiger partial charge in [0.15, 0.2) is 17.7 Å². The Morgan fingerprint density at radius 3 is 2.10 bits per heavy atom. The number of rotatable bonds is 18. The molecule has 49 heavy (non-hydrogen) atoms. The minimum Gasteiger partial charge on any atom is -0.491 e. The van der Waals surface area contributed by atoms with Crippen LogP contribution in [0.5, 0.6) is 5.75 Å². The van der Waals surface area contributed by atoms with Gasteiger partial charge in [0, 0.05) is 38.5 Å². The lowest BCUT2D eigenvalue weighted by Gasteiger charge is -2.37. The zero-order valence-electron chi connectivity index (χ0n) is 28.4. The number of piperazine rings is 1. The fourth-order valence-electron chi connectivity index (χ4n) is 6.27. The van der Waals surface area contributed by atoms with Crippen LogP contribution in [0.4, 0.5) is 11.5 Å². The molecule has 0 aliphatic carbocycles. The number of nitrogens with zero attached hydrogens (tertiary/aromatic N) is 6. The molecule has 3 fully saturated rings. The molecule has 16 heteroatoms. The van der Waals surface area contributed by atoms with Gasteiger partial charge in [-0.1, -0.05) is 0 Å². The van der Waals surface area contributed by atoms with Crippen LogP contribution in [-0.2, 0) is 33.2 Å². The van der Waals surface area contributed by atoms with Crippen LogP contribution < -0.4 is 14.5 Å². The molecule has 0 amide bonds. The Hall–Kier alpha value is -2.86. The molecule has 3 aliphatic heterocycles. The predicted octanol–water partition coefficient (Wildman–Crippen LogP) is 2.68. The van der Waals surface area contributed by atoms with Gasteiger partial charge in [0.2, 0.25) is 5.28 Å². The minimum absolute atomic E-state index is 0.119. The number of anilines is 2. The second-order valence-corrected chi connectivity index (χ2v) is 12.6. The molecule has 2 aromatic heterocycles. The van der Waals surface area contributed by atoms with Gasteiger partial charge in [-0.2, -0.15) is 15.1 Å². The number of ether oxygens (including phenoxy) is 8. The highest BCUT2D eigenvalue weighted by Gasteiger charge is 2.56. The molecule has 0 spiro atoms. The van der Waals surface area contributed by atoms with E-state index in [0.29, 0.717) is 65.1 Å². The van der Waals surface area contributed by atoms with E-state index in [4.69, 9.17) is 49.5 Å². The smallest absolute Gasteiger partial charge is 0.226 e. The maximum atomic E-state index is 9.93. The summed E-state index contributed by atoms with van der Waals surface area (Å²) >= 11 is 6.46. The van der Waals surface area contributed by atoms with Crippen molar-refractivity contribution in [3.63, 3.8) is 0 Å². The molecule has 0 bridgehead atoms. The Morgan fingerprint density at radius 2 is 1.45 bits per heavy atom. The number of aromatic nitrogens is 4. The molecular weight excluding hydrogens is 660 g/mol. The van der Waals surface area contributed by atoms with Crippen molar-refractivity contribution in [3.8, 4) is 5.75 Å². The first-order valence-electron chi connectivity index (χ1n) is 16.9. The molecule has 3 aromatic rings. The van der Waals surface area contributed by atoms with Crippen molar-refractivity contribution in [2.45, 2.75) is 51.1 Å². The van der Waals surface area contributed by atoms with Crippen LogP contribution in [0.15, 0.2) is 30.5 Å². The summed E-state index contributed by atoms with van der Waals surface area (Å²) in [5.74, 6) is 0.713. The third-order valence-electron chi connectivity index (χ3n) is 8.55. The van der Waals surface area contributed by atoms with Gasteiger partial charge in [-0.25, -0.2) is 4.68 Å². The quantitative estimate of drug-likeness (QED) is 0.153. The lowest BCUT2D eigenvalue weighted by molar-refractivity contribution is -0.201. The molecule has 4 atom stereocenters. The SMILES string of the molecule is CCOCCOCCOCCOCCOc1ccc(N2CCN(c3nc(Cl)nc4c3cnn4[C@@H]3O[C@H](CO)[C@H]4OC(C)(C)O[C@H]43)CC2)cc1. The summed E-state index contributed by atoms with van der Waals surface area (Å²) in [5, 5.41) is 15.4. The average molecular weight is 707 g/mol. The van der Waals surface area contributed by atoms with E-state index in [1.54, 1.807) is 10.9 Å². The van der Waals surface area contributed by atoms with Gasteiger partial charge < -0.3 is 52.8 Å². The summed E-state index contributed by atoms with van der Waals surface area (Å²) in [6.45, 7) is 13.4. The van der Waals surface area contributed by atoms with Crippen LogP contribution in [-0.4, -0.2) is 141 Å². The van der Waals surface area contributed by atoms with Gasteiger partial charge in [0.1, 0.15) is 36.5 Å². The van der Waals surface area contributed by atoms with Crippen molar-refractivity contribution >= 4 is 34.1 Å². The summed E-state index contributed by atoms with van der Waals surface area (Å²) < 4.78 is 47.6. The first kappa shape index (κ1) is 35.9. The van der Waals surface area contributed by atoms with Crippen LogP contribution >= 0.6 is 11.6 Å². The maximum Gasteiger partial charge on any atom is 0.226 e. The summed E-state index contributed by atoms with van der Waals surface area (Å²) in [7, 11) is 0. The molecule has 1 aromatic carbocycles. The maximum absolute atomic E-state index is 9.93. The van der Waals surface area contributed by atoms with Crippen LogP contribution in [0.25, 0.3) is 11.0 Å². The third kappa shape index (κ3) is 8.90. The Kier molecular flexibility index (Phi) is 12.4. The van der Waals surface area contributed by atoms with E-state index in [1.165, 1.54) is 0 Å². The molecular formula is C33H47ClN6O9. The van der Waals surface area contributed by atoms with Crippen LogP contribution in [0.1, 0.15) is 27.0 Å². The monoisotopic (exact) mass is 706 g/mol. The fourth-order valence-corrected chi connectivity index (χ4v) is 6.43. The van der Waals surface area contributed by atoms with E-state index in [0.717, 1.165) is 48.8 Å². The Labute approximate surface area is 291 Å². The van der Waals surface area contributed by atoms with Crippen LogP contribution in [0.2, 0.25) is 5.28 Å². The van der Waals surface area contributed by atoms with Crippen molar-refractivity contribution in [1.82, 2.24) is 19.7 Å². The van der Waals surface area contributed by atoms with Crippen molar-refractivity contribution in [2.24, 2.45) is 0 Å². The summed E-state index contributed by atoms with van der Waals surface area (Å²) in [6.07, 6.45) is -0.326. The number of hydrogen-bond donors (Lipinski definition) is 1. The number of halogens is 1. The molecule has 1 N–H and O–H groups in total. The highest BCUT2D eigenvalue weighted by molar-refractivity contribution is 6.28. The van der Waals surface area contributed by atoms with E-state index < -0.39 is 30.3 Å². The predicted molar refractivity (Wildman–Crippen MR) is 180 cm³/mol. The lowest BCUT2D eigenvalue weighted by atomic mass is 10.1. The molecule has 15 nitrogen and oxygen atoms in total. The molecule has 0 saturated carbocycles.